The number of nitriles is 1. The minimum Gasteiger partial charge on any atom is -0.435 e. The number of allylic oxidation sites excluding steroid dienone is 1. The molecule has 0 aliphatic carbocycles. The SMILES string of the molecule is N#C/C(=C1\SC(=O)CN1c1ccc(Cl)cc1)c1nc2ccccc2o1. The van der Waals surface area contributed by atoms with Gasteiger partial charge in [-0.2, -0.15) is 5.26 Å². The Kier molecular flexibility index (Phi) is 3.96. The van der Waals surface area contributed by atoms with Crippen molar-refractivity contribution in [2.45, 2.75) is 0 Å². The maximum absolute atomic E-state index is 12.0. The minimum atomic E-state index is -0.0474. The van der Waals surface area contributed by atoms with Crippen LogP contribution in [-0.4, -0.2) is 16.6 Å². The van der Waals surface area contributed by atoms with Gasteiger partial charge in [0.05, 0.1) is 6.54 Å². The van der Waals surface area contributed by atoms with E-state index in [2.05, 4.69) is 11.1 Å². The number of halogens is 1. The number of benzene rings is 2. The Labute approximate surface area is 152 Å². The van der Waals surface area contributed by atoms with E-state index in [9.17, 15) is 10.1 Å². The molecule has 7 heteroatoms. The van der Waals surface area contributed by atoms with Gasteiger partial charge in [-0.05, 0) is 48.2 Å². The Morgan fingerprint density at radius 1 is 1.24 bits per heavy atom. The molecule has 1 aliphatic heterocycles. The quantitative estimate of drug-likeness (QED) is 0.623. The molecular formula is C18H10ClN3O2S. The highest BCUT2D eigenvalue weighted by Crippen LogP contribution is 2.39. The number of hydrogen-bond acceptors (Lipinski definition) is 6. The Morgan fingerprint density at radius 2 is 2.00 bits per heavy atom. The van der Waals surface area contributed by atoms with Crippen molar-refractivity contribution >= 4 is 50.8 Å². The molecule has 0 amide bonds. The fraction of sp³-hybridized carbons (Fsp3) is 0.0556. The van der Waals surface area contributed by atoms with Gasteiger partial charge in [0.25, 0.3) is 0 Å². The van der Waals surface area contributed by atoms with E-state index in [1.807, 2.05) is 30.3 Å². The average Bonchev–Trinajstić information content (AvgIpc) is 3.20. The van der Waals surface area contributed by atoms with Crippen LogP contribution in [0.2, 0.25) is 5.02 Å². The van der Waals surface area contributed by atoms with Crippen LogP contribution in [0.5, 0.6) is 0 Å². The first-order chi connectivity index (χ1) is 12.2. The van der Waals surface area contributed by atoms with Gasteiger partial charge >= 0.3 is 0 Å². The van der Waals surface area contributed by atoms with E-state index in [1.54, 1.807) is 23.1 Å². The first-order valence-electron chi connectivity index (χ1n) is 7.40. The van der Waals surface area contributed by atoms with Crippen molar-refractivity contribution in [3.05, 3.63) is 64.5 Å². The number of rotatable bonds is 2. The standard InChI is InChI=1S/C18H10ClN3O2S/c19-11-5-7-12(8-6-11)22-10-16(23)25-18(22)13(9-20)17-21-14-3-1-2-4-15(14)24-17/h1-8H,10H2/b18-13+. The van der Waals surface area contributed by atoms with Crippen molar-refractivity contribution in [3.63, 3.8) is 0 Å². The summed E-state index contributed by atoms with van der Waals surface area (Å²) in [7, 11) is 0. The van der Waals surface area contributed by atoms with Gasteiger partial charge in [0.2, 0.25) is 11.0 Å². The van der Waals surface area contributed by atoms with Gasteiger partial charge in [-0.25, -0.2) is 4.98 Å². The summed E-state index contributed by atoms with van der Waals surface area (Å²) >= 11 is 6.96. The molecule has 3 aromatic rings. The van der Waals surface area contributed by atoms with Gasteiger partial charge < -0.3 is 9.32 Å². The van der Waals surface area contributed by atoms with Gasteiger partial charge in [-0.3, -0.25) is 4.79 Å². The normalized spacial score (nSPS) is 16.3. The fourth-order valence-corrected chi connectivity index (χ4v) is 3.63. The molecule has 5 nitrogen and oxygen atoms in total. The lowest BCUT2D eigenvalue weighted by molar-refractivity contribution is -0.109. The number of hydrogen-bond donors (Lipinski definition) is 0. The summed E-state index contributed by atoms with van der Waals surface area (Å²) in [5.74, 6) is 0.208. The lowest BCUT2D eigenvalue weighted by Crippen LogP contribution is -2.19. The molecule has 1 aliphatic rings. The van der Waals surface area contributed by atoms with Crippen LogP contribution in [0.1, 0.15) is 5.89 Å². The third-order valence-corrected chi connectivity index (χ3v) is 4.94. The average molecular weight is 368 g/mol. The zero-order chi connectivity index (χ0) is 17.4. The summed E-state index contributed by atoms with van der Waals surface area (Å²) in [5, 5.41) is 10.8. The zero-order valence-corrected chi connectivity index (χ0v) is 14.3. The third kappa shape index (κ3) is 2.88. The molecule has 0 saturated carbocycles. The van der Waals surface area contributed by atoms with Gasteiger partial charge in [0.1, 0.15) is 22.2 Å². The minimum absolute atomic E-state index is 0.0474. The second-order valence-corrected chi connectivity index (χ2v) is 6.80. The second-order valence-electron chi connectivity index (χ2n) is 5.32. The molecule has 0 atom stereocenters. The largest absolute Gasteiger partial charge is 0.435 e. The molecule has 2 aromatic carbocycles. The number of nitrogens with zero attached hydrogens (tertiary/aromatic N) is 3. The predicted octanol–water partition coefficient (Wildman–Crippen LogP) is 4.45. The van der Waals surface area contributed by atoms with Crippen molar-refractivity contribution in [1.82, 2.24) is 4.98 Å². The van der Waals surface area contributed by atoms with E-state index >= 15 is 0 Å². The van der Waals surface area contributed by atoms with Crippen LogP contribution in [-0.2, 0) is 4.79 Å². The summed E-state index contributed by atoms with van der Waals surface area (Å²) < 4.78 is 5.71. The molecule has 25 heavy (non-hydrogen) atoms. The zero-order valence-electron chi connectivity index (χ0n) is 12.8. The maximum atomic E-state index is 12.0. The van der Waals surface area contributed by atoms with Crippen molar-refractivity contribution in [1.29, 1.82) is 5.26 Å². The van der Waals surface area contributed by atoms with E-state index < -0.39 is 0 Å². The molecule has 122 valence electrons. The van der Waals surface area contributed by atoms with Gasteiger partial charge in [0, 0.05) is 10.7 Å². The van der Waals surface area contributed by atoms with Gasteiger partial charge in [-0.1, -0.05) is 23.7 Å². The smallest absolute Gasteiger partial charge is 0.240 e. The van der Waals surface area contributed by atoms with Crippen LogP contribution < -0.4 is 4.90 Å². The molecule has 2 heterocycles. The first kappa shape index (κ1) is 15.8. The summed E-state index contributed by atoms with van der Waals surface area (Å²) in [6.07, 6.45) is 0. The Bertz CT molecular complexity index is 1020. The van der Waals surface area contributed by atoms with Crippen molar-refractivity contribution in [2.24, 2.45) is 0 Å². The lowest BCUT2D eigenvalue weighted by atomic mass is 10.2. The molecule has 4 rings (SSSR count). The Hall–Kier alpha value is -2.75. The molecular weight excluding hydrogens is 358 g/mol. The van der Waals surface area contributed by atoms with E-state index in [0.717, 1.165) is 17.4 Å². The Morgan fingerprint density at radius 3 is 2.72 bits per heavy atom. The first-order valence-corrected chi connectivity index (χ1v) is 8.59. The number of aromatic nitrogens is 1. The van der Waals surface area contributed by atoms with Crippen molar-refractivity contribution in [2.75, 3.05) is 11.4 Å². The predicted molar refractivity (Wildman–Crippen MR) is 97.9 cm³/mol. The number of anilines is 1. The number of oxazole rings is 1. The van der Waals surface area contributed by atoms with Crippen LogP contribution >= 0.6 is 23.4 Å². The van der Waals surface area contributed by atoms with Gasteiger partial charge in [0.15, 0.2) is 5.58 Å². The summed E-state index contributed by atoms with van der Waals surface area (Å²) in [6, 6.07) is 16.5. The maximum Gasteiger partial charge on any atom is 0.240 e. The monoisotopic (exact) mass is 367 g/mol. The molecule has 1 fully saturated rings. The highest BCUT2D eigenvalue weighted by Gasteiger charge is 2.31. The molecule has 0 unspecified atom stereocenters. The third-order valence-electron chi connectivity index (χ3n) is 3.71. The number of carbonyl (C=O) groups is 1. The molecule has 0 radical (unpaired) electrons. The highest BCUT2D eigenvalue weighted by molar-refractivity contribution is 8.17. The molecule has 1 saturated heterocycles. The van der Waals surface area contributed by atoms with Crippen LogP contribution in [0, 0.1) is 11.3 Å². The Balaban J connectivity index is 1.85. The van der Waals surface area contributed by atoms with E-state index in [-0.39, 0.29) is 23.1 Å². The van der Waals surface area contributed by atoms with Crippen LogP contribution in [0.25, 0.3) is 16.7 Å². The lowest BCUT2D eigenvalue weighted by Gasteiger charge is -2.18. The number of thioether (sulfide) groups is 1. The van der Waals surface area contributed by atoms with Crippen LogP contribution in [0.4, 0.5) is 5.69 Å². The topological polar surface area (TPSA) is 70.1 Å². The van der Waals surface area contributed by atoms with E-state index in [0.29, 0.717) is 21.2 Å². The molecule has 1 aromatic heterocycles. The number of para-hydroxylation sites is 2. The van der Waals surface area contributed by atoms with E-state index in [1.165, 1.54) is 0 Å². The fourth-order valence-electron chi connectivity index (χ4n) is 2.58. The van der Waals surface area contributed by atoms with Crippen LogP contribution in [0.3, 0.4) is 0 Å². The summed E-state index contributed by atoms with van der Waals surface area (Å²) in [6.45, 7) is 0.174. The molecule has 0 bridgehead atoms. The van der Waals surface area contributed by atoms with Crippen molar-refractivity contribution in [3.8, 4) is 6.07 Å². The summed E-state index contributed by atoms with van der Waals surface area (Å²) in [5.41, 5.74) is 2.28. The molecule has 0 N–H and O–H groups in total. The second kappa shape index (κ2) is 6.28. The number of fused-ring (bicyclic) bond motifs is 1. The van der Waals surface area contributed by atoms with Crippen LogP contribution in [0.15, 0.2) is 58.0 Å². The number of carbonyl (C=O) groups excluding carboxylic acids is 1. The highest BCUT2D eigenvalue weighted by atomic mass is 35.5. The molecule has 0 spiro atoms. The van der Waals surface area contributed by atoms with Gasteiger partial charge in [-0.15, -0.1) is 0 Å². The van der Waals surface area contributed by atoms with E-state index in [4.69, 9.17) is 16.0 Å². The summed E-state index contributed by atoms with van der Waals surface area (Å²) in [4.78, 5) is 18.2. The van der Waals surface area contributed by atoms with Crippen molar-refractivity contribution < 1.29 is 9.21 Å².